The topological polar surface area (TPSA) is 56.7 Å². The van der Waals surface area contributed by atoms with Crippen molar-refractivity contribution < 1.29 is 0 Å². The Bertz CT molecular complexity index is 182. The zero-order valence-electron chi connectivity index (χ0n) is 6.77. The Hall–Kier alpha value is -0.900. The van der Waals surface area contributed by atoms with E-state index in [-0.39, 0.29) is 0 Å². The molecule has 0 saturated carbocycles. The molecule has 1 aromatic heterocycles. The van der Waals surface area contributed by atoms with Crippen molar-refractivity contribution in [2.45, 2.75) is 25.8 Å². The number of rotatable bonds is 4. The third-order valence-electron chi connectivity index (χ3n) is 1.71. The van der Waals surface area contributed by atoms with Gasteiger partial charge in [0, 0.05) is 0 Å². The van der Waals surface area contributed by atoms with Gasteiger partial charge in [-0.2, -0.15) is 5.10 Å². The molecule has 1 atom stereocenters. The lowest BCUT2D eigenvalue weighted by Crippen LogP contribution is -2.08. The highest BCUT2D eigenvalue weighted by atomic mass is 15.3. The van der Waals surface area contributed by atoms with Gasteiger partial charge in [-0.3, -0.25) is 4.68 Å². The van der Waals surface area contributed by atoms with Gasteiger partial charge in [0.15, 0.2) is 0 Å². The maximum Gasteiger partial charge on any atom is 0.137 e. The average Bonchev–Trinajstić information content (AvgIpc) is 2.52. The fraction of sp³-hybridized carbons (Fsp3) is 0.714. The van der Waals surface area contributed by atoms with E-state index in [0.717, 1.165) is 19.4 Å². The lowest BCUT2D eigenvalue weighted by atomic mass is 10.2. The molecule has 11 heavy (non-hydrogen) atoms. The van der Waals surface area contributed by atoms with Crippen LogP contribution >= 0.6 is 0 Å². The van der Waals surface area contributed by atoms with E-state index in [4.69, 9.17) is 5.73 Å². The zero-order chi connectivity index (χ0) is 8.10. The number of hydrogen-bond acceptors (Lipinski definition) is 3. The van der Waals surface area contributed by atoms with Crippen LogP contribution in [-0.4, -0.2) is 21.3 Å². The average molecular weight is 154 g/mol. The van der Waals surface area contributed by atoms with Crippen molar-refractivity contribution in [1.29, 1.82) is 0 Å². The molecule has 1 heterocycles. The molecule has 1 aromatic rings. The predicted molar refractivity (Wildman–Crippen MR) is 43.0 cm³/mol. The number of nitrogens with zero attached hydrogens (tertiary/aromatic N) is 3. The fourth-order valence-electron chi connectivity index (χ4n) is 0.991. The van der Waals surface area contributed by atoms with Gasteiger partial charge < -0.3 is 5.73 Å². The van der Waals surface area contributed by atoms with E-state index < -0.39 is 0 Å². The highest BCUT2D eigenvalue weighted by Crippen LogP contribution is 2.08. The molecule has 0 spiro atoms. The summed E-state index contributed by atoms with van der Waals surface area (Å²) in [7, 11) is 0. The van der Waals surface area contributed by atoms with Crippen LogP contribution in [0.25, 0.3) is 0 Å². The summed E-state index contributed by atoms with van der Waals surface area (Å²) in [6.07, 6.45) is 5.40. The Balaban J connectivity index is 2.36. The van der Waals surface area contributed by atoms with Crippen LogP contribution in [0.4, 0.5) is 0 Å². The summed E-state index contributed by atoms with van der Waals surface area (Å²) in [5.74, 6) is 0. The van der Waals surface area contributed by atoms with Gasteiger partial charge in [-0.15, -0.1) is 0 Å². The minimum atomic E-state index is 0.418. The molecule has 2 N–H and O–H groups in total. The molecule has 0 aromatic carbocycles. The zero-order valence-corrected chi connectivity index (χ0v) is 6.77. The summed E-state index contributed by atoms with van der Waals surface area (Å²) in [6, 6.07) is 0.418. The summed E-state index contributed by atoms with van der Waals surface area (Å²) in [4.78, 5) is 3.87. The molecule has 0 aliphatic heterocycles. The second kappa shape index (κ2) is 4.08. The van der Waals surface area contributed by atoms with Gasteiger partial charge in [-0.05, 0) is 26.3 Å². The molecule has 0 amide bonds. The molecule has 4 heteroatoms. The van der Waals surface area contributed by atoms with Crippen molar-refractivity contribution in [3.05, 3.63) is 12.7 Å². The normalized spacial score (nSPS) is 13.3. The van der Waals surface area contributed by atoms with Gasteiger partial charge in [0.2, 0.25) is 0 Å². The van der Waals surface area contributed by atoms with Gasteiger partial charge in [0.25, 0.3) is 0 Å². The quantitative estimate of drug-likeness (QED) is 0.690. The van der Waals surface area contributed by atoms with Gasteiger partial charge in [0.05, 0.1) is 6.04 Å². The van der Waals surface area contributed by atoms with Crippen LogP contribution in [0.5, 0.6) is 0 Å². The molecule has 0 radical (unpaired) electrons. The highest BCUT2D eigenvalue weighted by Gasteiger charge is 2.02. The molecule has 4 nitrogen and oxygen atoms in total. The third-order valence-corrected chi connectivity index (χ3v) is 1.71. The van der Waals surface area contributed by atoms with Crippen molar-refractivity contribution in [3.8, 4) is 0 Å². The van der Waals surface area contributed by atoms with Crippen LogP contribution in [-0.2, 0) is 0 Å². The van der Waals surface area contributed by atoms with E-state index in [9.17, 15) is 0 Å². The molecular formula is C7H14N4. The van der Waals surface area contributed by atoms with Crippen LogP contribution in [0.15, 0.2) is 12.7 Å². The van der Waals surface area contributed by atoms with Gasteiger partial charge in [0.1, 0.15) is 12.7 Å². The molecule has 1 unspecified atom stereocenters. The lowest BCUT2D eigenvalue weighted by molar-refractivity contribution is 0.448. The van der Waals surface area contributed by atoms with E-state index >= 15 is 0 Å². The molecule has 0 saturated heterocycles. The first-order valence-corrected chi connectivity index (χ1v) is 3.88. The van der Waals surface area contributed by atoms with Crippen LogP contribution in [0.2, 0.25) is 0 Å². The fourth-order valence-corrected chi connectivity index (χ4v) is 0.991. The first kappa shape index (κ1) is 8.20. The maximum atomic E-state index is 5.38. The largest absolute Gasteiger partial charge is 0.330 e. The van der Waals surface area contributed by atoms with Gasteiger partial charge >= 0.3 is 0 Å². The molecule has 0 aliphatic carbocycles. The van der Waals surface area contributed by atoms with Gasteiger partial charge in [-0.1, -0.05) is 0 Å². The monoisotopic (exact) mass is 154 g/mol. The van der Waals surface area contributed by atoms with Crippen molar-refractivity contribution in [2.24, 2.45) is 5.73 Å². The van der Waals surface area contributed by atoms with Crippen LogP contribution in [0.3, 0.4) is 0 Å². The minimum absolute atomic E-state index is 0.418. The van der Waals surface area contributed by atoms with Crippen LogP contribution < -0.4 is 5.73 Å². The molecule has 62 valence electrons. The van der Waals surface area contributed by atoms with Crippen molar-refractivity contribution >= 4 is 0 Å². The van der Waals surface area contributed by atoms with Crippen molar-refractivity contribution in [3.63, 3.8) is 0 Å². The third kappa shape index (κ3) is 2.31. The Morgan fingerprint density at radius 3 is 3.00 bits per heavy atom. The lowest BCUT2D eigenvalue weighted by Gasteiger charge is -2.09. The van der Waals surface area contributed by atoms with Crippen molar-refractivity contribution in [1.82, 2.24) is 14.8 Å². The number of nitrogens with two attached hydrogens (primary N) is 1. The number of hydrogen-bond donors (Lipinski definition) is 1. The van der Waals surface area contributed by atoms with E-state index in [1.54, 1.807) is 12.7 Å². The smallest absolute Gasteiger partial charge is 0.137 e. The highest BCUT2D eigenvalue weighted by molar-refractivity contribution is 4.64. The first-order chi connectivity index (χ1) is 5.34. The SMILES string of the molecule is CC(CCCN)n1cncn1. The Kier molecular flexibility index (Phi) is 3.04. The van der Waals surface area contributed by atoms with Crippen LogP contribution in [0.1, 0.15) is 25.8 Å². The van der Waals surface area contributed by atoms with E-state index in [2.05, 4.69) is 17.0 Å². The Labute approximate surface area is 66.4 Å². The van der Waals surface area contributed by atoms with Crippen LogP contribution in [0, 0.1) is 0 Å². The van der Waals surface area contributed by atoms with E-state index in [1.807, 2.05) is 4.68 Å². The molecule has 0 aliphatic rings. The molecule has 0 bridgehead atoms. The number of aromatic nitrogens is 3. The maximum absolute atomic E-state index is 5.38. The minimum Gasteiger partial charge on any atom is -0.330 e. The summed E-state index contributed by atoms with van der Waals surface area (Å²) in [5.41, 5.74) is 5.38. The predicted octanol–water partition coefficient (Wildman–Crippen LogP) is 0.578. The standard InChI is InChI=1S/C7H14N4/c1-7(3-2-4-8)11-6-9-5-10-11/h5-7H,2-4,8H2,1H3. The molecule has 0 fully saturated rings. The summed E-state index contributed by atoms with van der Waals surface area (Å²) in [6.45, 7) is 2.86. The van der Waals surface area contributed by atoms with Gasteiger partial charge in [-0.25, -0.2) is 4.98 Å². The molecular weight excluding hydrogens is 140 g/mol. The second-order valence-corrected chi connectivity index (χ2v) is 2.66. The Morgan fingerprint density at radius 1 is 1.64 bits per heavy atom. The van der Waals surface area contributed by atoms with E-state index in [1.165, 1.54) is 0 Å². The van der Waals surface area contributed by atoms with E-state index in [0.29, 0.717) is 6.04 Å². The summed E-state index contributed by atoms with van der Waals surface area (Å²) < 4.78 is 1.86. The van der Waals surface area contributed by atoms with Crippen molar-refractivity contribution in [2.75, 3.05) is 6.54 Å². The summed E-state index contributed by atoms with van der Waals surface area (Å²) >= 11 is 0. The Morgan fingerprint density at radius 2 is 2.45 bits per heavy atom. The summed E-state index contributed by atoms with van der Waals surface area (Å²) in [5, 5.41) is 4.03. The second-order valence-electron chi connectivity index (χ2n) is 2.66. The molecule has 1 rings (SSSR count). The first-order valence-electron chi connectivity index (χ1n) is 3.88.